The van der Waals surface area contributed by atoms with Crippen LogP contribution in [0.25, 0.3) is 0 Å². The van der Waals surface area contributed by atoms with E-state index in [1.54, 1.807) is 23.0 Å². The van der Waals surface area contributed by atoms with Crippen molar-refractivity contribution in [3.63, 3.8) is 0 Å². The zero-order chi connectivity index (χ0) is 19.3. The van der Waals surface area contributed by atoms with Crippen LogP contribution in [-0.2, 0) is 23.7 Å². The number of aliphatic carboxylic acids is 1. The van der Waals surface area contributed by atoms with Crippen LogP contribution in [0.15, 0.2) is 48.4 Å². The fourth-order valence-electron chi connectivity index (χ4n) is 2.49. The second-order valence-corrected chi connectivity index (χ2v) is 7.27. The topological polar surface area (TPSA) is 84.2 Å². The van der Waals surface area contributed by atoms with Gasteiger partial charge in [-0.25, -0.2) is 4.79 Å². The molecule has 0 aliphatic heterocycles. The Balaban J connectivity index is 2.03. The Bertz CT molecular complexity index is 812. The van der Waals surface area contributed by atoms with Gasteiger partial charge in [0.25, 0.3) is 5.91 Å². The van der Waals surface area contributed by atoms with Crippen LogP contribution in [0, 0.1) is 0 Å². The summed E-state index contributed by atoms with van der Waals surface area (Å²) >= 11 is 0. The smallest absolute Gasteiger partial charge is 0.352 e. The molecule has 0 fully saturated rings. The van der Waals surface area contributed by atoms with E-state index in [2.05, 4.69) is 31.2 Å². The van der Waals surface area contributed by atoms with Crippen LogP contribution < -0.4 is 5.32 Å². The largest absolute Gasteiger partial charge is 0.477 e. The first kappa shape index (κ1) is 19.4. The summed E-state index contributed by atoms with van der Waals surface area (Å²) in [7, 11) is 1.83. The molecular formula is C20H25N3O3. The molecule has 0 radical (unpaired) electrons. The lowest BCUT2D eigenvalue weighted by Crippen LogP contribution is -2.27. The molecule has 2 N–H and O–H groups in total. The van der Waals surface area contributed by atoms with Crippen molar-refractivity contribution in [3.8, 4) is 0 Å². The van der Waals surface area contributed by atoms with E-state index in [0.717, 1.165) is 11.1 Å². The summed E-state index contributed by atoms with van der Waals surface area (Å²) in [6.07, 6.45) is 6.29. The molecule has 6 heteroatoms. The first-order valence-corrected chi connectivity index (χ1v) is 8.49. The Morgan fingerprint density at radius 1 is 1.23 bits per heavy atom. The highest BCUT2D eigenvalue weighted by Crippen LogP contribution is 2.22. The minimum Gasteiger partial charge on any atom is -0.477 e. The van der Waals surface area contributed by atoms with Crippen LogP contribution in [0.2, 0.25) is 0 Å². The van der Waals surface area contributed by atoms with Gasteiger partial charge >= 0.3 is 5.97 Å². The molecule has 1 aromatic heterocycles. The molecule has 138 valence electrons. The van der Waals surface area contributed by atoms with Crippen molar-refractivity contribution in [3.05, 3.63) is 65.1 Å². The fourth-order valence-corrected chi connectivity index (χ4v) is 2.49. The number of carboxylic acids is 1. The van der Waals surface area contributed by atoms with Gasteiger partial charge in [0.15, 0.2) is 0 Å². The third-order valence-corrected chi connectivity index (χ3v) is 4.03. The molecule has 2 aromatic rings. The van der Waals surface area contributed by atoms with Crippen molar-refractivity contribution >= 4 is 11.9 Å². The maximum absolute atomic E-state index is 12.3. The normalized spacial score (nSPS) is 12.1. The lowest BCUT2D eigenvalue weighted by molar-refractivity contribution is -0.133. The fraction of sp³-hybridized carbons (Fsp3) is 0.350. The number of amides is 1. The van der Waals surface area contributed by atoms with Crippen molar-refractivity contribution in [2.45, 2.75) is 39.0 Å². The van der Waals surface area contributed by atoms with E-state index < -0.39 is 11.9 Å². The van der Waals surface area contributed by atoms with Gasteiger partial charge in [0.1, 0.15) is 5.70 Å². The molecule has 1 aromatic carbocycles. The standard InChI is InChI=1S/C20H25N3O3/c1-20(2,3)16-10-8-15(9-11-16)18(24)22-17(19(25)26)7-5-6-14-12-21-23(4)13-14/h7-13H,5-6H2,1-4H3,(H,22,24)(H,25,26)/b17-7+. The molecule has 0 spiro atoms. The number of hydrogen-bond donors (Lipinski definition) is 2. The van der Waals surface area contributed by atoms with Gasteiger partial charge in [-0.15, -0.1) is 0 Å². The lowest BCUT2D eigenvalue weighted by atomic mass is 9.87. The second-order valence-electron chi connectivity index (χ2n) is 7.27. The molecule has 26 heavy (non-hydrogen) atoms. The molecule has 0 atom stereocenters. The number of nitrogens with zero attached hydrogens (tertiary/aromatic N) is 2. The number of hydrogen-bond acceptors (Lipinski definition) is 3. The molecule has 6 nitrogen and oxygen atoms in total. The first-order chi connectivity index (χ1) is 12.2. The Labute approximate surface area is 153 Å². The van der Waals surface area contributed by atoms with Gasteiger partial charge in [-0.3, -0.25) is 9.48 Å². The minimum absolute atomic E-state index is 0.00652. The molecule has 0 aliphatic carbocycles. The van der Waals surface area contributed by atoms with Crippen LogP contribution in [0.5, 0.6) is 0 Å². The number of aromatic nitrogens is 2. The third kappa shape index (κ3) is 5.31. The molecular weight excluding hydrogens is 330 g/mol. The van der Waals surface area contributed by atoms with Crippen molar-refractivity contribution in [2.24, 2.45) is 7.05 Å². The molecule has 0 saturated carbocycles. The summed E-state index contributed by atoms with van der Waals surface area (Å²) < 4.78 is 1.69. The summed E-state index contributed by atoms with van der Waals surface area (Å²) in [5.41, 5.74) is 2.43. The molecule has 0 saturated heterocycles. The van der Waals surface area contributed by atoms with E-state index >= 15 is 0 Å². The lowest BCUT2D eigenvalue weighted by Gasteiger charge is -2.19. The van der Waals surface area contributed by atoms with Crippen LogP contribution >= 0.6 is 0 Å². The quantitative estimate of drug-likeness (QED) is 0.780. The SMILES string of the molecule is Cn1cc(CC/C=C(/NC(=O)c2ccc(C(C)(C)C)cc2)C(=O)O)cn1. The molecule has 0 bridgehead atoms. The number of aryl methyl sites for hydroxylation is 2. The minimum atomic E-state index is -1.16. The van der Waals surface area contributed by atoms with Crippen molar-refractivity contribution in [2.75, 3.05) is 0 Å². The van der Waals surface area contributed by atoms with Gasteiger partial charge in [-0.1, -0.05) is 39.0 Å². The molecule has 2 rings (SSSR count). The summed E-state index contributed by atoms with van der Waals surface area (Å²) in [4.78, 5) is 23.7. The number of rotatable bonds is 6. The van der Waals surface area contributed by atoms with Gasteiger partial charge in [0, 0.05) is 18.8 Å². The number of carbonyl (C=O) groups excluding carboxylic acids is 1. The van der Waals surface area contributed by atoms with E-state index in [1.165, 1.54) is 6.08 Å². The Morgan fingerprint density at radius 3 is 2.38 bits per heavy atom. The highest BCUT2D eigenvalue weighted by Gasteiger charge is 2.16. The van der Waals surface area contributed by atoms with E-state index in [0.29, 0.717) is 18.4 Å². The highest BCUT2D eigenvalue weighted by molar-refractivity contribution is 6.00. The van der Waals surface area contributed by atoms with E-state index in [9.17, 15) is 14.7 Å². The first-order valence-electron chi connectivity index (χ1n) is 8.49. The second kappa shape index (κ2) is 7.99. The zero-order valence-electron chi connectivity index (χ0n) is 15.6. The maximum Gasteiger partial charge on any atom is 0.352 e. The average molecular weight is 355 g/mol. The van der Waals surface area contributed by atoms with Gasteiger partial charge in [-0.2, -0.15) is 5.10 Å². The molecule has 0 unspecified atom stereocenters. The predicted molar refractivity (Wildman–Crippen MR) is 99.9 cm³/mol. The molecule has 1 amide bonds. The van der Waals surface area contributed by atoms with Gasteiger partial charge < -0.3 is 10.4 Å². The molecule has 0 aliphatic rings. The van der Waals surface area contributed by atoms with E-state index in [-0.39, 0.29) is 11.1 Å². The number of allylic oxidation sites excluding steroid dienone is 1. The zero-order valence-corrected chi connectivity index (χ0v) is 15.6. The highest BCUT2D eigenvalue weighted by atomic mass is 16.4. The van der Waals surface area contributed by atoms with Crippen LogP contribution in [-0.4, -0.2) is 26.8 Å². The van der Waals surface area contributed by atoms with Gasteiger partial charge in [0.2, 0.25) is 0 Å². The monoisotopic (exact) mass is 355 g/mol. The van der Waals surface area contributed by atoms with Crippen LogP contribution in [0.4, 0.5) is 0 Å². The van der Waals surface area contributed by atoms with Gasteiger partial charge in [0.05, 0.1) is 6.20 Å². The number of carbonyl (C=O) groups is 2. The van der Waals surface area contributed by atoms with Crippen LogP contribution in [0.1, 0.15) is 48.7 Å². The summed E-state index contributed by atoms with van der Waals surface area (Å²) in [6, 6.07) is 7.21. The van der Waals surface area contributed by atoms with Crippen LogP contribution in [0.3, 0.4) is 0 Å². The Hall–Kier alpha value is -2.89. The summed E-state index contributed by atoms with van der Waals surface area (Å²) in [5.74, 6) is -1.59. The number of nitrogens with one attached hydrogen (secondary N) is 1. The van der Waals surface area contributed by atoms with Gasteiger partial charge in [-0.05, 0) is 41.5 Å². The van der Waals surface area contributed by atoms with Crippen molar-refractivity contribution in [1.29, 1.82) is 0 Å². The maximum atomic E-state index is 12.3. The van der Waals surface area contributed by atoms with E-state index in [4.69, 9.17) is 0 Å². The average Bonchev–Trinajstić information content (AvgIpc) is 2.98. The van der Waals surface area contributed by atoms with Crippen molar-refractivity contribution < 1.29 is 14.7 Å². The predicted octanol–water partition coefficient (Wildman–Crippen LogP) is 3.05. The van der Waals surface area contributed by atoms with E-state index in [1.807, 2.05) is 25.4 Å². The Kier molecular flexibility index (Phi) is 5.97. The summed E-state index contributed by atoms with van der Waals surface area (Å²) in [6.45, 7) is 6.28. The summed E-state index contributed by atoms with van der Waals surface area (Å²) in [5, 5.41) is 15.9. The number of carboxylic acid groups (broad SMARTS) is 1. The third-order valence-electron chi connectivity index (χ3n) is 4.03. The Morgan fingerprint density at radius 2 is 1.88 bits per heavy atom. The molecule has 1 heterocycles. The number of benzene rings is 1. The van der Waals surface area contributed by atoms with Crippen molar-refractivity contribution in [1.82, 2.24) is 15.1 Å².